The Morgan fingerprint density at radius 2 is 1.80 bits per heavy atom. The predicted molar refractivity (Wildman–Crippen MR) is 51.8 cm³/mol. The molecule has 0 aliphatic carbocycles. The highest BCUT2D eigenvalue weighted by Crippen LogP contribution is 1.97. The second kappa shape index (κ2) is 6.75. The minimum atomic E-state index is -0.927. The van der Waals surface area contributed by atoms with Gasteiger partial charge in [-0.2, -0.15) is 0 Å². The molecule has 0 heterocycles. The number of hydrogen-bond donors (Lipinski definition) is 0. The Balaban J connectivity index is 3.88. The van der Waals surface area contributed by atoms with Gasteiger partial charge in [-0.1, -0.05) is 13.5 Å². The van der Waals surface area contributed by atoms with Gasteiger partial charge in [-0.25, -0.2) is 4.79 Å². The van der Waals surface area contributed by atoms with Gasteiger partial charge in [0.2, 0.25) is 0 Å². The van der Waals surface area contributed by atoms with Gasteiger partial charge < -0.3 is 9.47 Å². The molecule has 0 aliphatic rings. The lowest BCUT2D eigenvalue weighted by atomic mass is 10.3. The number of rotatable bonds is 5. The molecule has 0 fully saturated rings. The molecule has 0 saturated carbocycles. The summed E-state index contributed by atoms with van der Waals surface area (Å²) in [5, 5.41) is 0. The predicted octanol–water partition coefficient (Wildman–Crippen LogP) is 0.976. The molecule has 0 atom stereocenters. The summed E-state index contributed by atoms with van der Waals surface area (Å²) in [6.45, 7) is 6.78. The Labute approximate surface area is 88.0 Å². The zero-order valence-corrected chi connectivity index (χ0v) is 8.87. The fourth-order valence-electron chi connectivity index (χ4n) is 0.611. The summed E-state index contributed by atoms with van der Waals surface area (Å²) in [5.74, 6) is -2.45. The lowest BCUT2D eigenvalue weighted by Gasteiger charge is -2.03. The summed E-state index contributed by atoms with van der Waals surface area (Å²) in [6.07, 6.45) is 0.116. The molecule has 0 bridgehead atoms. The van der Waals surface area contributed by atoms with Gasteiger partial charge in [0.15, 0.2) is 0 Å². The molecule has 84 valence electrons. The standard InChI is InChI=1S/C10H14O5/c1-4-5-14-8(11)6-9(12)15-10(13)7(2)3/h2,4-6H2,1,3H3. The van der Waals surface area contributed by atoms with Gasteiger partial charge in [0.25, 0.3) is 0 Å². The van der Waals surface area contributed by atoms with Crippen molar-refractivity contribution in [1.29, 1.82) is 0 Å². The van der Waals surface area contributed by atoms with Crippen LogP contribution < -0.4 is 0 Å². The number of carbonyl (C=O) groups excluding carboxylic acids is 3. The first kappa shape index (κ1) is 13.4. The second-order valence-electron chi connectivity index (χ2n) is 2.94. The van der Waals surface area contributed by atoms with Crippen molar-refractivity contribution in [2.75, 3.05) is 6.61 Å². The molecule has 0 aliphatic heterocycles. The monoisotopic (exact) mass is 214 g/mol. The van der Waals surface area contributed by atoms with Gasteiger partial charge in [-0.15, -0.1) is 0 Å². The third-order valence-electron chi connectivity index (χ3n) is 1.31. The summed E-state index contributed by atoms with van der Waals surface area (Å²) in [7, 11) is 0. The summed E-state index contributed by atoms with van der Waals surface area (Å²) in [5.41, 5.74) is 0.102. The van der Waals surface area contributed by atoms with Gasteiger partial charge in [0.1, 0.15) is 6.42 Å². The third kappa shape index (κ3) is 6.42. The van der Waals surface area contributed by atoms with Crippen LogP contribution in [0.5, 0.6) is 0 Å². The lowest BCUT2D eigenvalue weighted by Crippen LogP contribution is -2.18. The second-order valence-corrected chi connectivity index (χ2v) is 2.94. The molecule has 0 rings (SSSR count). The maximum Gasteiger partial charge on any atom is 0.340 e. The Hall–Kier alpha value is -1.65. The van der Waals surface area contributed by atoms with Crippen molar-refractivity contribution >= 4 is 17.9 Å². The van der Waals surface area contributed by atoms with Crippen LogP contribution in [-0.4, -0.2) is 24.5 Å². The molecular formula is C10H14O5. The summed E-state index contributed by atoms with van der Waals surface area (Å²) in [4.78, 5) is 32.7. The molecule has 0 spiro atoms. The average Bonchev–Trinajstić information content (AvgIpc) is 2.14. The number of ether oxygens (including phenoxy) is 2. The molecule has 0 unspecified atom stereocenters. The quantitative estimate of drug-likeness (QED) is 0.387. The molecule has 0 aromatic heterocycles. The van der Waals surface area contributed by atoms with Crippen molar-refractivity contribution in [3.8, 4) is 0 Å². The Morgan fingerprint density at radius 1 is 1.20 bits per heavy atom. The van der Waals surface area contributed by atoms with E-state index in [9.17, 15) is 14.4 Å². The van der Waals surface area contributed by atoms with Crippen molar-refractivity contribution in [3.63, 3.8) is 0 Å². The van der Waals surface area contributed by atoms with Crippen molar-refractivity contribution in [3.05, 3.63) is 12.2 Å². The first-order valence-corrected chi connectivity index (χ1v) is 4.53. The highest BCUT2D eigenvalue weighted by atomic mass is 16.6. The fourth-order valence-corrected chi connectivity index (χ4v) is 0.611. The Bertz CT molecular complexity index is 280. The van der Waals surface area contributed by atoms with E-state index in [1.165, 1.54) is 6.92 Å². The van der Waals surface area contributed by atoms with E-state index in [2.05, 4.69) is 16.1 Å². The van der Waals surface area contributed by atoms with Crippen molar-refractivity contribution in [1.82, 2.24) is 0 Å². The van der Waals surface area contributed by atoms with Crippen LogP contribution in [0, 0.1) is 0 Å². The minimum absolute atomic E-state index is 0.102. The van der Waals surface area contributed by atoms with E-state index in [1.807, 2.05) is 6.92 Å². The molecule has 5 heteroatoms. The highest BCUT2D eigenvalue weighted by Gasteiger charge is 2.15. The zero-order valence-electron chi connectivity index (χ0n) is 8.87. The number of hydrogen-bond acceptors (Lipinski definition) is 5. The van der Waals surface area contributed by atoms with Crippen LogP contribution in [0.3, 0.4) is 0 Å². The first-order chi connectivity index (χ1) is 6.97. The number of carbonyl (C=O) groups is 3. The van der Waals surface area contributed by atoms with Gasteiger partial charge >= 0.3 is 17.9 Å². The fraction of sp³-hybridized carbons (Fsp3) is 0.500. The van der Waals surface area contributed by atoms with Crippen LogP contribution >= 0.6 is 0 Å². The van der Waals surface area contributed by atoms with E-state index in [0.29, 0.717) is 6.42 Å². The third-order valence-corrected chi connectivity index (χ3v) is 1.31. The maximum atomic E-state index is 10.9. The van der Waals surface area contributed by atoms with E-state index in [1.54, 1.807) is 0 Å². The zero-order chi connectivity index (χ0) is 11.8. The van der Waals surface area contributed by atoms with Gasteiger partial charge in [0, 0.05) is 5.57 Å². The van der Waals surface area contributed by atoms with E-state index in [4.69, 9.17) is 0 Å². The molecule has 5 nitrogen and oxygen atoms in total. The van der Waals surface area contributed by atoms with E-state index in [0.717, 1.165) is 0 Å². The van der Waals surface area contributed by atoms with E-state index < -0.39 is 24.3 Å². The van der Waals surface area contributed by atoms with Gasteiger partial charge in [0.05, 0.1) is 6.61 Å². The maximum absolute atomic E-state index is 10.9. The van der Waals surface area contributed by atoms with Crippen molar-refractivity contribution in [2.45, 2.75) is 26.7 Å². The molecule has 15 heavy (non-hydrogen) atoms. The number of esters is 3. The molecule has 0 aromatic carbocycles. The van der Waals surface area contributed by atoms with Crippen LogP contribution in [0.15, 0.2) is 12.2 Å². The SMILES string of the molecule is C=C(C)C(=O)OC(=O)CC(=O)OCCC. The average molecular weight is 214 g/mol. The smallest absolute Gasteiger partial charge is 0.340 e. The molecular weight excluding hydrogens is 200 g/mol. The molecule has 0 radical (unpaired) electrons. The van der Waals surface area contributed by atoms with Crippen LogP contribution in [0.2, 0.25) is 0 Å². The minimum Gasteiger partial charge on any atom is -0.465 e. The topological polar surface area (TPSA) is 69.7 Å². The Kier molecular flexibility index (Phi) is 6.01. The molecule has 0 amide bonds. The van der Waals surface area contributed by atoms with Crippen LogP contribution in [0.1, 0.15) is 26.7 Å². The normalized spacial score (nSPS) is 9.20. The largest absolute Gasteiger partial charge is 0.465 e. The van der Waals surface area contributed by atoms with Crippen LogP contribution in [-0.2, 0) is 23.9 Å². The lowest BCUT2D eigenvalue weighted by molar-refractivity contribution is -0.160. The van der Waals surface area contributed by atoms with Crippen molar-refractivity contribution < 1.29 is 23.9 Å². The summed E-state index contributed by atoms with van der Waals surface area (Å²) < 4.78 is 8.91. The van der Waals surface area contributed by atoms with Crippen LogP contribution in [0.4, 0.5) is 0 Å². The van der Waals surface area contributed by atoms with Gasteiger partial charge in [-0.05, 0) is 13.3 Å². The summed E-state index contributed by atoms with van der Waals surface area (Å²) in [6, 6.07) is 0. The van der Waals surface area contributed by atoms with Crippen LogP contribution in [0.25, 0.3) is 0 Å². The van der Waals surface area contributed by atoms with Crippen molar-refractivity contribution in [2.24, 2.45) is 0 Å². The summed E-state index contributed by atoms with van der Waals surface area (Å²) >= 11 is 0. The first-order valence-electron chi connectivity index (χ1n) is 4.53. The van der Waals surface area contributed by atoms with Gasteiger partial charge in [-0.3, -0.25) is 9.59 Å². The molecule has 0 saturated heterocycles. The van der Waals surface area contributed by atoms with E-state index in [-0.39, 0.29) is 12.2 Å². The Morgan fingerprint density at radius 3 is 2.27 bits per heavy atom. The van der Waals surface area contributed by atoms with E-state index >= 15 is 0 Å². The molecule has 0 aromatic rings. The highest BCUT2D eigenvalue weighted by molar-refractivity contribution is 6.00. The molecule has 0 N–H and O–H groups in total.